The molecule has 0 aliphatic rings. The van der Waals surface area contributed by atoms with E-state index in [0.29, 0.717) is 15.7 Å². The summed E-state index contributed by atoms with van der Waals surface area (Å²) in [6.07, 6.45) is 1.49. The molecule has 154 valence electrons. The van der Waals surface area contributed by atoms with Crippen LogP contribution in [0.5, 0.6) is 0 Å². The molecule has 0 aliphatic heterocycles. The molecular formula is C22H20Cl2N4O2. The van der Waals surface area contributed by atoms with Crippen LogP contribution in [0, 0.1) is 20.8 Å². The molecule has 2 amide bonds. The number of hydrogen-bond acceptors (Lipinski definition) is 3. The minimum Gasteiger partial charge on any atom is -0.318 e. The molecular weight excluding hydrogens is 423 g/mol. The molecule has 0 atom stereocenters. The summed E-state index contributed by atoms with van der Waals surface area (Å²) in [6, 6.07) is 14.3. The average Bonchev–Trinajstić information content (AvgIpc) is 2.97. The summed E-state index contributed by atoms with van der Waals surface area (Å²) < 4.78 is 1.96. The molecule has 2 N–H and O–H groups in total. The Hall–Kier alpha value is -3.09. The monoisotopic (exact) mass is 442 g/mol. The molecule has 3 aromatic rings. The minimum absolute atomic E-state index is 0.522. The lowest BCUT2D eigenvalue weighted by Gasteiger charge is -2.11. The van der Waals surface area contributed by atoms with E-state index in [4.69, 9.17) is 23.2 Å². The van der Waals surface area contributed by atoms with E-state index < -0.39 is 11.8 Å². The van der Waals surface area contributed by atoms with Gasteiger partial charge in [-0.1, -0.05) is 40.9 Å². The highest BCUT2D eigenvalue weighted by molar-refractivity contribution is 6.39. The zero-order chi connectivity index (χ0) is 21.8. The first kappa shape index (κ1) is 21.6. The molecule has 0 bridgehead atoms. The van der Waals surface area contributed by atoms with Gasteiger partial charge in [-0.05, 0) is 57.2 Å². The van der Waals surface area contributed by atoms with Crippen LogP contribution in [0.4, 0.5) is 5.69 Å². The molecule has 0 saturated carbocycles. The zero-order valence-corrected chi connectivity index (χ0v) is 18.2. The van der Waals surface area contributed by atoms with E-state index >= 15 is 0 Å². The summed E-state index contributed by atoms with van der Waals surface area (Å²) in [4.78, 5) is 24.0. The Balaban J connectivity index is 1.70. The largest absolute Gasteiger partial charge is 0.329 e. The normalized spacial score (nSPS) is 11.0. The van der Waals surface area contributed by atoms with Crippen LogP contribution in [-0.2, 0) is 9.59 Å². The second kappa shape index (κ2) is 9.15. The number of hydrogen-bond donors (Lipinski definition) is 2. The third-order valence-corrected chi connectivity index (χ3v) is 5.04. The predicted molar refractivity (Wildman–Crippen MR) is 121 cm³/mol. The first-order chi connectivity index (χ1) is 14.3. The van der Waals surface area contributed by atoms with Crippen molar-refractivity contribution in [3.63, 3.8) is 0 Å². The lowest BCUT2D eigenvalue weighted by molar-refractivity contribution is -0.136. The molecule has 6 nitrogen and oxygen atoms in total. The number of carbonyl (C=O) groups is 2. The lowest BCUT2D eigenvalue weighted by Crippen LogP contribution is -2.32. The summed E-state index contributed by atoms with van der Waals surface area (Å²) in [6.45, 7) is 5.78. The maximum absolute atomic E-state index is 12.0. The van der Waals surface area contributed by atoms with Crippen LogP contribution >= 0.6 is 23.2 Å². The van der Waals surface area contributed by atoms with Crippen molar-refractivity contribution in [2.75, 3.05) is 5.32 Å². The number of halogens is 2. The fourth-order valence-electron chi connectivity index (χ4n) is 2.99. The molecule has 1 aromatic heterocycles. The smallest absolute Gasteiger partial charge is 0.318 e. The molecule has 1 heterocycles. The molecule has 30 heavy (non-hydrogen) atoms. The van der Waals surface area contributed by atoms with Crippen LogP contribution in [0.2, 0.25) is 10.0 Å². The van der Waals surface area contributed by atoms with Gasteiger partial charge in [-0.15, -0.1) is 0 Å². The van der Waals surface area contributed by atoms with Crippen LogP contribution in [0.15, 0.2) is 53.6 Å². The number of rotatable bonds is 4. The van der Waals surface area contributed by atoms with Crippen molar-refractivity contribution < 1.29 is 9.59 Å². The highest BCUT2D eigenvalue weighted by Crippen LogP contribution is 2.28. The third kappa shape index (κ3) is 4.90. The Morgan fingerprint density at radius 3 is 2.33 bits per heavy atom. The molecule has 0 unspecified atom stereocenters. The lowest BCUT2D eigenvalue weighted by atomic mass is 10.2. The van der Waals surface area contributed by atoms with Gasteiger partial charge in [-0.25, -0.2) is 5.43 Å². The number of nitrogens with one attached hydrogen (secondary N) is 2. The maximum atomic E-state index is 12.0. The fraction of sp³-hybridized carbons (Fsp3) is 0.136. The van der Waals surface area contributed by atoms with Crippen molar-refractivity contribution in [3.05, 3.63) is 81.1 Å². The Labute approximate surface area is 184 Å². The van der Waals surface area contributed by atoms with Gasteiger partial charge in [0.2, 0.25) is 0 Å². The highest BCUT2D eigenvalue weighted by atomic mass is 35.5. The van der Waals surface area contributed by atoms with Gasteiger partial charge in [-0.3, -0.25) is 9.59 Å². The van der Waals surface area contributed by atoms with E-state index in [1.165, 1.54) is 6.21 Å². The number of nitrogens with zero attached hydrogens (tertiary/aromatic N) is 2. The molecule has 8 heteroatoms. The molecule has 0 saturated heterocycles. The van der Waals surface area contributed by atoms with Gasteiger partial charge in [0.15, 0.2) is 0 Å². The van der Waals surface area contributed by atoms with Crippen LogP contribution in [0.3, 0.4) is 0 Å². The number of amides is 2. The molecule has 2 aromatic carbocycles. The van der Waals surface area contributed by atoms with Gasteiger partial charge in [-0.2, -0.15) is 5.10 Å². The number of anilines is 1. The Bertz CT molecular complexity index is 1130. The SMILES string of the molecule is Cc1ccc(NC(=O)C(=O)N/N=C\c2cc(C)n(-c3ccc(Cl)cc3Cl)c2C)cc1. The summed E-state index contributed by atoms with van der Waals surface area (Å²) in [5.74, 6) is -1.66. The standard InChI is InChI=1S/C22H20Cl2N4O2/c1-13-4-7-18(8-5-13)26-21(29)22(30)27-25-12-16-10-14(2)28(15(16)3)20-9-6-17(23)11-19(20)24/h4-12H,1-3H3,(H,26,29)(H,27,30)/b25-12-. The summed E-state index contributed by atoms with van der Waals surface area (Å²) in [5, 5.41) is 7.51. The second-order valence-electron chi connectivity index (χ2n) is 6.78. The van der Waals surface area contributed by atoms with E-state index in [0.717, 1.165) is 28.2 Å². The van der Waals surface area contributed by atoms with Crippen molar-refractivity contribution in [1.29, 1.82) is 0 Å². The summed E-state index contributed by atoms with van der Waals surface area (Å²) >= 11 is 12.3. The van der Waals surface area contributed by atoms with Crippen molar-refractivity contribution in [2.24, 2.45) is 5.10 Å². The predicted octanol–water partition coefficient (Wildman–Crippen LogP) is 4.80. The molecule has 0 aliphatic carbocycles. The maximum Gasteiger partial charge on any atom is 0.329 e. The molecule has 3 rings (SSSR count). The molecule has 0 spiro atoms. The second-order valence-corrected chi connectivity index (χ2v) is 7.62. The number of benzene rings is 2. The van der Waals surface area contributed by atoms with Crippen molar-refractivity contribution in [1.82, 2.24) is 9.99 Å². The highest BCUT2D eigenvalue weighted by Gasteiger charge is 2.14. The minimum atomic E-state index is -0.860. The average molecular weight is 443 g/mol. The van der Waals surface area contributed by atoms with Crippen LogP contribution in [-0.4, -0.2) is 22.6 Å². The van der Waals surface area contributed by atoms with Gasteiger partial charge < -0.3 is 9.88 Å². The first-order valence-corrected chi connectivity index (χ1v) is 9.87. The van der Waals surface area contributed by atoms with Gasteiger partial charge in [0.05, 0.1) is 16.9 Å². The summed E-state index contributed by atoms with van der Waals surface area (Å²) in [7, 11) is 0. The van der Waals surface area contributed by atoms with E-state index in [2.05, 4.69) is 15.8 Å². The van der Waals surface area contributed by atoms with E-state index in [1.54, 1.807) is 24.3 Å². The van der Waals surface area contributed by atoms with Crippen LogP contribution in [0.1, 0.15) is 22.5 Å². The van der Waals surface area contributed by atoms with Gasteiger partial charge >= 0.3 is 11.8 Å². The number of aromatic nitrogens is 1. The van der Waals surface area contributed by atoms with Gasteiger partial charge in [0.25, 0.3) is 0 Å². The van der Waals surface area contributed by atoms with Crippen molar-refractivity contribution >= 4 is 46.9 Å². The van der Waals surface area contributed by atoms with Gasteiger partial charge in [0, 0.05) is 27.7 Å². The topological polar surface area (TPSA) is 75.5 Å². The van der Waals surface area contributed by atoms with E-state index in [1.807, 2.05) is 49.6 Å². The van der Waals surface area contributed by atoms with E-state index in [9.17, 15) is 9.59 Å². The first-order valence-electron chi connectivity index (χ1n) is 9.11. The van der Waals surface area contributed by atoms with Crippen LogP contribution in [0.25, 0.3) is 5.69 Å². The quantitative estimate of drug-likeness (QED) is 0.345. The Kier molecular flexibility index (Phi) is 6.59. The Morgan fingerprint density at radius 1 is 0.967 bits per heavy atom. The summed E-state index contributed by atoms with van der Waals surface area (Å²) in [5.41, 5.74) is 7.20. The van der Waals surface area contributed by atoms with Crippen molar-refractivity contribution in [2.45, 2.75) is 20.8 Å². The van der Waals surface area contributed by atoms with Gasteiger partial charge in [0.1, 0.15) is 0 Å². The van der Waals surface area contributed by atoms with Crippen LogP contribution < -0.4 is 10.7 Å². The number of hydrazone groups is 1. The third-order valence-electron chi connectivity index (χ3n) is 4.51. The molecule has 0 fully saturated rings. The number of carbonyl (C=O) groups excluding carboxylic acids is 2. The fourth-order valence-corrected chi connectivity index (χ4v) is 3.48. The van der Waals surface area contributed by atoms with Crippen molar-refractivity contribution in [3.8, 4) is 5.69 Å². The zero-order valence-electron chi connectivity index (χ0n) is 16.7. The molecule has 0 radical (unpaired) electrons. The Morgan fingerprint density at radius 2 is 1.67 bits per heavy atom. The number of aryl methyl sites for hydroxylation is 2. The van der Waals surface area contributed by atoms with E-state index in [-0.39, 0.29) is 0 Å².